The Hall–Kier alpha value is -0.870. The van der Waals surface area contributed by atoms with Crippen molar-refractivity contribution in [3.05, 3.63) is 29.8 Å². The highest BCUT2D eigenvalue weighted by Crippen LogP contribution is 2.26. The molecular formula is C16H25NOS2. The molecule has 0 spiro atoms. The van der Waals surface area contributed by atoms with Crippen molar-refractivity contribution in [2.24, 2.45) is 0 Å². The zero-order valence-corrected chi connectivity index (χ0v) is 14.7. The molecule has 0 heterocycles. The third-order valence-corrected chi connectivity index (χ3v) is 4.24. The molecule has 0 radical (unpaired) electrons. The van der Waals surface area contributed by atoms with Crippen molar-refractivity contribution in [1.82, 2.24) is 4.90 Å². The Bertz CT molecular complexity index is 428. The fourth-order valence-electron chi connectivity index (χ4n) is 1.62. The Labute approximate surface area is 132 Å². The summed E-state index contributed by atoms with van der Waals surface area (Å²) in [5.74, 6) is 0.167. The topological polar surface area (TPSA) is 20.3 Å². The molecule has 112 valence electrons. The number of carbonyl (C=O) groups excluding carboxylic acids is 1. The lowest BCUT2D eigenvalue weighted by Gasteiger charge is -2.21. The molecule has 0 fully saturated rings. The smallest absolute Gasteiger partial charge is 0.163 e. The minimum absolute atomic E-state index is 0.167. The summed E-state index contributed by atoms with van der Waals surface area (Å²) in [6.45, 7) is 11.8. The Morgan fingerprint density at radius 1 is 1.15 bits per heavy atom. The van der Waals surface area contributed by atoms with Crippen molar-refractivity contribution in [3.8, 4) is 0 Å². The monoisotopic (exact) mass is 311 g/mol. The molecule has 1 rings (SSSR count). The number of ketones is 1. The molecule has 0 unspecified atom stereocenters. The van der Waals surface area contributed by atoms with Gasteiger partial charge in [0, 0.05) is 30.0 Å². The lowest BCUT2D eigenvalue weighted by molar-refractivity contribution is 0.0985. The van der Waals surface area contributed by atoms with E-state index in [1.807, 2.05) is 45.0 Å². The van der Waals surface area contributed by atoms with E-state index >= 15 is 0 Å². The van der Waals surface area contributed by atoms with Gasteiger partial charge in [0.15, 0.2) is 5.78 Å². The van der Waals surface area contributed by atoms with Crippen LogP contribution < -0.4 is 0 Å². The zero-order valence-electron chi connectivity index (χ0n) is 13.1. The highest BCUT2D eigenvalue weighted by Gasteiger charge is 2.13. The fraction of sp³-hybridized carbons (Fsp3) is 0.500. The summed E-state index contributed by atoms with van der Waals surface area (Å²) in [6, 6.07) is 7.68. The maximum Gasteiger partial charge on any atom is 0.163 e. The highest BCUT2D eigenvalue weighted by molar-refractivity contribution is 8.23. The number of thioether (sulfide) groups is 1. The first-order valence-electron chi connectivity index (χ1n) is 7.22. The number of hydrogen-bond acceptors (Lipinski definition) is 3. The van der Waals surface area contributed by atoms with E-state index in [0.717, 1.165) is 27.9 Å². The minimum Gasteiger partial charge on any atom is -0.358 e. The van der Waals surface area contributed by atoms with Gasteiger partial charge in [0.05, 0.1) is 0 Å². The first-order valence-corrected chi connectivity index (χ1v) is 8.45. The second kappa shape index (κ2) is 10.9. The van der Waals surface area contributed by atoms with Crippen molar-refractivity contribution < 1.29 is 4.79 Å². The first kappa shape index (κ1) is 19.1. The number of rotatable bonds is 5. The van der Waals surface area contributed by atoms with E-state index in [2.05, 4.69) is 18.7 Å². The fourth-order valence-corrected chi connectivity index (χ4v) is 3.16. The van der Waals surface area contributed by atoms with Crippen LogP contribution in [0.2, 0.25) is 0 Å². The number of benzene rings is 1. The lowest BCUT2D eigenvalue weighted by atomic mass is 10.1. The van der Waals surface area contributed by atoms with Gasteiger partial charge in [-0.25, -0.2) is 0 Å². The predicted molar refractivity (Wildman–Crippen MR) is 93.8 cm³/mol. The van der Waals surface area contributed by atoms with Crippen LogP contribution in [-0.4, -0.2) is 28.1 Å². The van der Waals surface area contributed by atoms with Gasteiger partial charge < -0.3 is 4.90 Å². The highest BCUT2D eigenvalue weighted by atomic mass is 32.2. The number of thiocarbonyl (C=S) groups is 1. The summed E-state index contributed by atoms with van der Waals surface area (Å²) in [6.07, 6.45) is 0.523. The van der Waals surface area contributed by atoms with Crippen molar-refractivity contribution in [1.29, 1.82) is 0 Å². The summed E-state index contributed by atoms with van der Waals surface area (Å²) in [5.41, 5.74) is 0.777. The van der Waals surface area contributed by atoms with Gasteiger partial charge in [0.2, 0.25) is 0 Å². The molecule has 0 saturated heterocycles. The molecule has 0 aromatic heterocycles. The number of hydrogen-bond donors (Lipinski definition) is 0. The summed E-state index contributed by atoms with van der Waals surface area (Å²) < 4.78 is 0.830. The molecule has 0 atom stereocenters. The van der Waals surface area contributed by atoms with Gasteiger partial charge in [0.25, 0.3) is 0 Å². The van der Waals surface area contributed by atoms with E-state index in [-0.39, 0.29) is 5.78 Å². The standard InChI is InChI=1S/C14H19NOS2.C2H6/c1-4-12(16)11-9-7-8-10-13(11)18-14(17)15(5-2)6-3;1-2/h7-10H,4-6H2,1-3H3;1-2H3. The molecule has 20 heavy (non-hydrogen) atoms. The number of Topliss-reactive ketones (excluding diaryl/α,β-unsaturated/α-hetero) is 1. The second-order valence-electron chi connectivity index (χ2n) is 3.81. The van der Waals surface area contributed by atoms with Crippen LogP contribution in [0.15, 0.2) is 29.2 Å². The average molecular weight is 312 g/mol. The average Bonchev–Trinajstić information content (AvgIpc) is 2.50. The lowest BCUT2D eigenvalue weighted by Crippen LogP contribution is -2.26. The molecule has 0 saturated carbocycles. The van der Waals surface area contributed by atoms with Gasteiger partial charge in [-0.05, 0) is 19.9 Å². The van der Waals surface area contributed by atoms with Crippen LogP contribution in [-0.2, 0) is 0 Å². The number of nitrogens with zero attached hydrogens (tertiary/aromatic N) is 1. The molecule has 0 amide bonds. The largest absolute Gasteiger partial charge is 0.358 e. The van der Waals surface area contributed by atoms with Crippen LogP contribution in [0.3, 0.4) is 0 Å². The van der Waals surface area contributed by atoms with E-state index in [0.29, 0.717) is 6.42 Å². The third-order valence-electron chi connectivity index (χ3n) is 2.73. The quantitative estimate of drug-likeness (QED) is 0.432. The molecule has 1 aromatic carbocycles. The van der Waals surface area contributed by atoms with Crippen molar-refractivity contribution in [2.75, 3.05) is 13.1 Å². The normalized spacial score (nSPS) is 9.45. The minimum atomic E-state index is 0.167. The molecule has 0 aliphatic rings. The molecule has 4 heteroatoms. The first-order chi connectivity index (χ1) is 9.63. The van der Waals surface area contributed by atoms with E-state index in [4.69, 9.17) is 12.2 Å². The Kier molecular flexibility index (Phi) is 10.4. The van der Waals surface area contributed by atoms with E-state index < -0.39 is 0 Å². The summed E-state index contributed by atoms with van der Waals surface area (Å²) in [7, 11) is 0. The zero-order chi connectivity index (χ0) is 15.5. The van der Waals surface area contributed by atoms with Gasteiger partial charge in [-0.15, -0.1) is 0 Å². The molecular weight excluding hydrogens is 286 g/mol. The predicted octanol–water partition coefficient (Wildman–Crippen LogP) is 5.02. The molecule has 1 aromatic rings. The van der Waals surface area contributed by atoms with Crippen LogP contribution in [0.1, 0.15) is 51.4 Å². The Morgan fingerprint density at radius 3 is 2.20 bits per heavy atom. The van der Waals surface area contributed by atoms with Gasteiger partial charge in [0.1, 0.15) is 4.32 Å². The van der Waals surface area contributed by atoms with Gasteiger partial charge in [-0.3, -0.25) is 4.79 Å². The van der Waals surface area contributed by atoms with Crippen LogP contribution in [0.4, 0.5) is 0 Å². The van der Waals surface area contributed by atoms with E-state index in [1.165, 1.54) is 11.8 Å². The van der Waals surface area contributed by atoms with E-state index in [1.54, 1.807) is 0 Å². The van der Waals surface area contributed by atoms with Crippen LogP contribution >= 0.6 is 24.0 Å². The molecule has 2 nitrogen and oxygen atoms in total. The van der Waals surface area contributed by atoms with Crippen molar-refractivity contribution in [2.45, 2.75) is 45.9 Å². The van der Waals surface area contributed by atoms with Crippen LogP contribution in [0, 0.1) is 0 Å². The molecule has 0 N–H and O–H groups in total. The van der Waals surface area contributed by atoms with Crippen molar-refractivity contribution in [3.63, 3.8) is 0 Å². The van der Waals surface area contributed by atoms with Gasteiger partial charge in [-0.1, -0.05) is 63.0 Å². The maximum absolute atomic E-state index is 11.9. The summed E-state index contributed by atoms with van der Waals surface area (Å²) in [4.78, 5) is 14.9. The molecule has 0 aliphatic carbocycles. The van der Waals surface area contributed by atoms with Crippen LogP contribution in [0.25, 0.3) is 0 Å². The Morgan fingerprint density at radius 2 is 1.70 bits per heavy atom. The molecule has 0 bridgehead atoms. The number of carbonyl (C=O) groups is 1. The van der Waals surface area contributed by atoms with Gasteiger partial charge >= 0.3 is 0 Å². The third kappa shape index (κ3) is 5.63. The Balaban J connectivity index is 0.00000172. The summed E-state index contributed by atoms with van der Waals surface area (Å²) in [5, 5.41) is 0. The second-order valence-corrected chi connectivity index (χ2v) is 5.49. The molecule has 0 aliphatic heterocycles. The van der Waals surface area contributed by atoms with Crippen LogP contribution in [0.5, 0.6) is 0 Å². The van der Waals surface area contributed by atoms with Crippen molar-refractivity contribution >= 4 is 34.1 Å². The van der Waals surface area contributed by atoms with E-state index in [9.17, 15) is 4.79 Å². The van der Waals surface area contributed by atoms with Gasteiger partial charge in [-0.2, -0.15) is 0 Å². The maximum atomic E-state index is 11.9. The summed E-state index contributed by atoms with van der Waals surface area (Å²) >= 11 is 6.92. The SMILES string of the molecule is CC.CCC(=O)c1ccccc1SC(=S)N(CC)CC.